The monoisotopic (exact) mass is 431 g/mol. The summed E-state index contributed by atoms with van der Waals surface area (Å²) < 4.78 is 10.4. The van der Waals surface area contributed by atoms with Gasteiger partial charge in [-0.15, -0.1) is 0 Å². The van der Waals surface area contributed by atoms with Crippen LogP contribution in [0, 0.1) is 0 Å². The van der Waals surface area contributed by atoms with E-state index in [2.05, 4.69) is 10.6 Å². The van der Waals surface area contributed by atoms with Crippen molar-refractivity contribution in [3.05, 3.63) is 34.9 Å². The molecule has 1 fully saturated rings. The molecule has 10 nitrogen and oxygen atoms in total. The summed E-state index contributed by atoms with van der Waals surface area (Å²) in [5, 5.41) is 4.56. The number of hydrogen-bond acceptors (Lipinski definition) is 7. The lowest BCUT2D eigenvalue weighted by Crippen LogP contribution is -2.41. The van der Waals surface area contributed by atoms with Gasteiger partial charge < -0.3 is 14.8 Å². The van der Waals surface area contributed by atoms with Crippen molar-refractivity contribution in [1.29, 1.82) is 0 Å². The minimum atomic E-state index is -0.845. The molecule has 0 spiro atoms. The van der Waals surface area contributed by atoms with E-state index in [4.69, 9.17) is 9.47 Å². The molecule has 10 heteroatoms. The molecule has 31 heavy (non-hydrogen) atoms. The molecule has 0 aromatic heterocycles. The minimum absolute atomic E-state index is 0.0269. The second-order valence-corrected chi connectivity index (χ2v) is 7.35. The number of carbonyl (C=O) groups excluding carboxylic acids is 5. The summed E-state index contributed by atoms with van der Waals surface area (Å²) in [6, 6.07) is 3.37. The molecule has 2 aliphatic heterocycles. The van der Waals surface area contributed by atoms with Crippen molar-refractivity contribution < 1.29 is 33.4 Å². The Hall–Kier alpha value is -3.27. The lowest BCUT2D eigenvalue weighted by molar-refractivity contribution is -0.123. The van der Waals surface area contributed by atoms with Gasteiger partial charge in [-0.25, -0.2) is 9.59 Å². The third kappa shape index (κ3) is 5.46. The van der Waals surface area contributed by atoms with Crippen LogP contribution in [0.3, 0.4) is 0 Å². The fourth-order valence-electron chi connectivity index (χ4n) is 3.38. The fourth-order valence-corrected chi connectivity index (χ4v) is 3.38. The van der Waals surface area contributed by atoms with Gasteiger partial charge in [-0.05, 0) is 37.5 Å². The van der Waals surface area contributed by atoms with Crippen LogP contribution in [-0.4, -0.2) is 67.0 Å². The number of esters is 1. The first-order valence-corrected chi connectivity index (χ1v) is 10.3. The van der Waals surface area contributed by atoms with Crippen molar-refractivity contribution in [2.24, 2.45) is 0 Å². The Morgan fingerprint density at radius 1 is 1.19 bits per heavy atom. The van der Waals surface area contributed by atoms with Crippen molar-refractivity contribution in [2.45, 2.75) is 38.7 Å². The Labute approximate surface area is 179 Å². The lowest BCUT2D eigenvalue weighted by Gasteiger charge is -2.17. The van der Waals surface area contributed by atoms with E-state index in [1.54, 1.807) is 0 Å². The number of nitrogens with zero attached hydrogens (tertiary/aromatic N) is 1. The van der Waals surface area contributed by atoms with E-state index >= 15 is 0 Å². The van der Waals surface area contributed by atoms with Gasteiger partial charge in [0.1, 0.15) is 0 Å². The molecule has 3 rings (SSSR count). The van der Waals surface area contributed by atoms with Crippen LogP contribution in [0.5, 0.6) is 0 Å². The average Bonchev–Trinajstić information content (AvgIpc) is 3.35. The number of nitrogens with one attached hydrogen (secondary N) is 2. The van der Waals surface area contributed by atoms with Crippen LogP contribution in [0.2, 0.25) is 0 Å². The van der Waals surface area contributed by atoms with Crippen LogP contribution in [-0.2, 0) is 14.3 Å². The number of unbranched alkanes of at least 4 members (excludes halogenated alkanes) is 1. The second kappa shape index (κ2) is 10.2. The van der Waals surface area contributed by atoms with Gasteiger partial charge in [-0.3, -0.25) is 24.6 Å². The van der Waals surface area contributed by atoms with Crippen LogP contribution in [0.4, 0.5) is 4.79 Å². The van der Waals surface area contributed by atoms with Crippen molar-refractivity contribution in [2.75, 3.05) is 26.3 Å². The summed E-state index contributed by atoms with van der Waals surface area (Å²) in [6.45, 7) is 2.52. The number of amides is 5. The van der Waals surface area contributed by atoms with Gasteiger partial charge in [0.05, 0.1) is 29.3 Å². The Kier molecular flexibility index (Phi) is 7.35. The number of rotatable bonds is 8. The Morgan fingerprint density at radius 2 is 1.97 bits per heavy atom. The molecule has 0 radical (unpaired) electrons. The van der Waals surface area contributed by atoms with Crippen LogP contribution < -0.4 is 10.6 Å². The quantitative estimate of drug-likeness (QED) is 0.360. The summed E-state index contributed by atoms with van der Waals surface area (Å²) in [4.78, 5) is 61.8. The van der Waals surface area contributed by atoms with Crippen molar-refractivity contribution in [1.82, 2.24) is 15.5 Å². The molecule has 2 N–H and O–H groups in total. The van der Waals surface area contributed by atoms with Crippen LogP contribution >= 0.6 is 0 Å². The minimum Gasteiger partial charge on any atom is -0.452 e. The second-order valence-electron chi connectivity index (χ2n) is 7.35. The smallest absolute Gasteiger partial charge is 0.338 e. The van der Waals surface area contributed by atoms with Crippen LogP contribution in [0.25, 0.3) is 0 Å². The molecular weight excluding hydrogens is 406 g/mol. The van der Waals surface area contributed by atoms with E-state index in [-0.39, 0.29) is 29.3 Å². The molecule has 166 valence electrons. The number of ether oxygens (including phenoxy) is 2. The van der Waals surface area contributed by atoms with E-state index in [9.17, 15) is 24.0 Å². The standard InChI is InChI=1S/C21H25N3O7/c1-2-3-8-22-21(29)23-17(25)12-31-20(28)13-6-7-15-16(10-13)19(27)24(18(15)26)11-14-5-4-9-30-14/h6-7,10,14H,2-5,8-9,11-12H2,1H3,(H2,22,23,25,29). The highest BCUT2D eigenvalue weighted by Crippen LogP contribution is 2.26. The SMILES string of the molecule is CCCCNC(=O)NC(=O)COC(=O)c1ccc2c(c1)C(=O)N(CC1CCCO1)C2=O. The summed E-state index contributed by atoms with van der Waals surface area (Å²) in [6.07, 6.45) is 3.17. The largest absolute Gasteiger partial charge is 0.452 e. The Morgan fingerprint density at radius 3 is 2.68 bits per heavy atom. The topological polar surface area (TPSA) is 131 Å². The summed E-state index contributed by atoms with van der Waals surface area (Å²) in [7, 11) is 0. The third-order valence-corrected chi connectivity index (χ3v) is 5.02. The summed E-state index contributed by atoms with van der Waals surface area (Å²) in [5.41, 5.74) is 0.345. The van der Waals surface area contributed by atoms with Gasteiger partial charge in [0.15, 0.2) is 6.61 Å². The number of urea groups is 1. The first-order valence-electron chi connectivity index (χ1n) is 10.3. The molecule has 0 bridgehead atoms. The number of imide groups is 2. The van der Waals surface area contributed by atoms with Gasteiger partial charge >= 0.3 is 12.0 Å². The molecule has 1 unspecified atom stereocenters. The van der Waals surface area contributed by atoms with E-state index in [0.717, 1.165) is 30.6 Å². The van der Waals surface area contributed by atoms with E-state index in [0.29, 0.717) is 13.2 Å². The van der Waals surface area contributed by atoms with E-state index < -0.39 is 36.3 Å². The van der Waals surface area contributed by atoms with Crippen molar-refractivity contribution >= 4 is 29.7 Å². The summed E-state index contributed by atoms with van der Waals surface area (Å²) in [5.74, 6) is -2.55. The summed E-state index contributed by atoms with van der Waals surface area (Å²) >= 11 is 0. The molecule has 5 amide bonds. The maximum atomic E-state index is 12.7. The first-order chi connectivity index (χ1) is 14.9. The van der Waals surface area contributed by atoms with Gasteiger partial charge in [-0.2, -0.15) is 0 Å². The zero-order chi connectivity index (χ0) is 22.4. The molecule has 2 aliphatic rings. The Bertz CT molecular complexity index is 893. The molecular formula is C21H25N3O7. The number of hydrogen-bond donors (Lipinski definition) is 2. The highest BCUT2D eigenvalue weighted by molar-refractivity contribution is 6.22. The number of carbonyl (C=O) groups is 5. The maximum absolute atomic E-state index is 12.7. The van der Waals surface area contributed by atoms with Crippen LogP contribution in [0.1, 0.15) is 63.7 Å². The molecule has 0 saturated carbocycles. The molecule has 1 atom stereocenters. The predicted octanol–water partition coefficient (Wildman–Crippen LogP) is 1.24. The van der Waals surface area contributed by atoms with Gasteiger partial charge in [-0.1, -0.05) is 13.3 Å². The van der Waals surface area contributed by atoms with Crippen molar-refractivity contribution in [3.63, 3.8) is 0 Å². The molecule has 1 saturated heterocycles. The highest BCUT2D eigenvalue weighted by Gasteiger charge is 2.38. The van der Waals surface area contributed by atoms with Crippen molar-refractivity contribution in [3.8, 4) is 0 Å². The molecule has 0 aliphatic carbocycles. The average molecular weight is 431 g/mol. The zero-order valence-corrected chi connectivity index (χ0v) is 17.3. The van der Waals surface area contributed by atoms with Gasteiger partial charge in [0, 0.05) is 13.2 Å². The molecule has 1 aromatic rings. The predicted molar refractivity (Wildman–Crippen MR) is 108 cm³/mol. The zero-order valence-electron chi connectivity index (χ0n) is 17.3. The van der Waals surface area contributed by atoms with E-state index in [1.807, 2.05) is 6.92 Å². The molecule has 1 aromatic carbocycles. The number of benzene rings is 1. The van der Waals surface area contributed by atoms with E-state index in [1.165, 1.54) is 18.2 Å². The lowest BCUT2D eigenvalue weighted by atomic mass is 10.1. The van der Waals surface area contributed by atoms with Gasteiger partial charge in [0.2, 0.25) is 0 Å². The highest BCUT2D eigenvalue weighted by atomic mass is 16.5. The Balaban J connectivity index is 1.55. The fraction of sp³-hybridized carbons (Fsp3) is 0.476. The maximum Gasteiger partial charge on any atom is 0.338 e. The van der Waals surface area contributed by atoms with Crippen LogP contribution in [0.15, 0.2) is 18.2 Å². The van der Waals surface area contributed by atoms with Gasteiger partial charge in [0.25, 0.3) is 17.7 Å². The normalized spacial score (nSPS) is 17.5. The number of fused-ring (bicyclic) bond motifs is 1. The molecule has 2 heterocycles. The first kappa shape index (κ1) is 22.4. The third-order valence-electron chi connectivity index (χ3n) is 5.02.